The van der Waals surface area contributed by atoms with E-state index in [0.29, 0.717) is 15.7 Å². The van der Waals surface area contributed by atoms with E-state index in [0.717, 1.165) is 16.5 Å². The smallest absolute Gasteiger partial charge is 0.262 e. The SMILES string of the molecule is C[C@@H](NC(=O)/C(C#N)=C/c1c[nH]c2ncccc12)c1ccc(Cl)c(Cl)c1. The van der Waals surface area contributed by atoms with Gasteiger partial charge in [0.15, 0.2) is 0 Å². The second-order valence-corrected chi connectivity index (χ2v) is 6.50. The summed E-state index contributed by atoms with van der Waals surface area (Å²) in [5, 5.41) is 13.9. The summed E-state index contributed by atoms with van der Waals surface area (Å²) in [5.41, 5.74) is 2.21. The topological polar surface area (TPSA) is 81.6 Å². The van der Waals surface area contributed by atoms with Gasteiger partial charge in [-0.2, -0.15) is 5.26 Å². The van der Waals surface area contributed by atoms with Crippen molar-refractivity contribution >= 4 is 46.2 Å². The first-order valence-corrected chi connectivity index (χ1v) is 8.55. The zero-order valence-electron chi connectivity index (χ0n) is 13.8. The van der Waals surface area contributed by atoms with Crippen LogP contribution in [0.1, 0.15) is 24.1 Å². The highest BCUT2D eigenvalue weighted by atomic mass is 35.5. The Bertz CT molecular complexity index is 1050. The van der Waals surface area contributed by atoms with E-state index in [1.165, 1.54) is 6.08 Å². The number of aromatic amines is 1. The lowest BCUT2D eigenvalue weighted by Crippen LogP contribution is -2.27. The van der Waals surface area contributed by atoms with E-state index < -0.39 is 5.91 Å². The summed E-state index contributed by atoms with van der Waals surface area (Å²) in [5.74, 6) is -0.468. The van der Waals surface area contributed by atoms with Gasteiger partial charge >= 0.3 is 0 Å². The quantitative estimate of drug-likeness (QED) is 0.507. The monoisotopic (exact) mass is 384 g/mol. The third kappa shape index (κ3) is 3.72. The Morgan fingerprint density at radius 2 is 2.15 bits per heavy atom. The van der Waals surface area contributed by atoms with E-state index in [1.807, 2.05) is 19.1 Å². The van der Waals surface area contributed by atoms with Gasteiger partial charge in [-0.15, -0.1) is 0 Å². The molecule has 2 N–H and O–H groups in total. The average Bonchev–Trinajstić information content (AvgIpc) is 3.04. The molecule has 130 valence electrons. The largest absolute Gasteiger partial charge is 0.346 e. The number of benzene rings is 1. The van der Waals surface area contributed by atoms with Gasteiger partial charge in [0.2, 0.25) is 0 Å². The highest BCUT2D eigenvalue weighted by Gasteiger charge is 2.15. The van der Waals surface area contributed by atoms with Crippen molar-refractivity contribution in [2.24, 2.45) is 0 Å². The van der Waals surface area contributed by atoms with Crippen LogP contribution in [0.15, 0.2) is 48.3 Å². The number of amides is 1. The molecule has 0 aliphatic rings. The lowest BCUT2D eigenvalue weighted by Gasteiger charge is -2.14. The van der Waals surface area contributed by atoms with E-state index >= 15 is 0 Å². The third-order valence-electron chi connectivity index (χ3n) is 3.94. The first-order chi connectivity index (χ1) is 12.5. The molecular formula is C19H14Cl2N4O. The van der Waals surface area contributed by atoms with Gasteiger partial charge in [0, 0.05) is 23.3 Å². The molecule has 0 radical (unpaired) electrons. The van der Waals surface area contributed by atoms with Crippen molar-refractivity contribution in [1.82, 2.24) is 15.3 Å². The number of pyridine rings is 1. The Kier molecular flexibility index (Phi) is 5.27. The summed E-state index contributed by atoms with van der Waals surface area (Å²) in [7, 11) is 0. The number of carbonyl (C=O) groups is 1. The number of nitrogens with zero attached hydrogens (tertiary/aromatic N) is 2. The third-order valence-corrected chi connectivity index (χ3v) is 4.68. The van der Waals surface area contributed by atoms with Crippen LogP contribution < -0.4 is 5.32 Å². The van der Waals surface area contributed by atoms with Crippen LogP contribution in [0, 0.1) is 11.3 Å². The van der Waals surface area contributed by atoms with Gasteiger partial charge in [0.1, 0.15) is 17.3 Å². The Morgan fingerprint density at radius 1 is 1.35 bits per heavy atom. The summed E-state index contributed by atoms with van der Waals surface area (Å²) in [6.45, 7) is 1.81. The Labute approximate surface area is 160 Å². The number of nitrogens with one attached hydrogen (secondary N) is 2. The maximum Gasteiger partial charge on any atom is 0.262 e. The first-order valence-electron chi connectivity index (χ1n) is 7.79. The van der Waals surface area contributed by atoms with Gasteiger partial charge in [0.05, 0.1) is 16.1 Å². The molecule has 1 aromatic carbocycles. The molecule has 7 heteroatoms. The van der Waals surface area contributed by atoms with E-state index in [1.54, 1.807) is 36.7 Å². The summed E-state index contributed by atoms with van der Waals surface area (Å²) < 4.78 is 0. The van der Waals surface area contributed by atoms with Crippen LogP contribution in [0.4, 0.5) is 0 Å². The fourth-order valence-corrected chi connectivity index (χ4v) is 2.85. The second-order valence-electron chi connectivity index (χ2n) is 5.68. The van der Waals surface area contributed by atoms with Crippen LogP contribution in [0.25, 0.3) is 17.1 Å². The lowest BCUT2D eigenvalue weighted by atomic mass is 10.1. The zero-order chi connectivity index (χ0) is 18.7. The molecule has 0 aliphatic carbocycles. The molecule has 0 aliphatic heterocycles. The average molecular weight is 385 g/mol. The second kappa shape index (κ2) is 7.61. The van der Waals surface area contributed by atoms with Crippen molar-refractivity contribution in [3.05, 3.63) is 69.5 Å². The van der Waals surface area contributed by atoms with Crippen LogP contribution in [0.5, 0.6) is 0 Å². The fourth-order valence-electron chi connectivity index (χ4n) is 2.54. The molecule has 2 aromatic heterocycles. The minimum Gasteiger partial charge on any atom is -0.346 e. The molecule has 1 amide bonds. The summed E-state index contributed by atoms with van der Waals surface area (Å²) >= 11 is 11.9. The number of nitriles is 1. The molecule has 26 heavy (non-hydrogen) atoms. The van der Waals surface area contributed by atoms with E-state index in [4.69, 9.17) is 23.2 Å². The van der Waals surface area contributed by atoms with Crippen molar-refractivity contribution in [2.45, 2.75) is 13.0 Å². The van der Waals surface area contributed by atoms with Gasteiger partial charge in [0.25, 0.3) is 5.91 Å². The Hall–Kier alpha value is -2.81. The standard InChI is InChI=1S/C19H14Cl2N4O/c1-11(12-4-5-16(20)17(21)8-12)25-19(26)13(9-22)7-14-10-24-18-15(14)3-2-6-23-18/h2-8,10-11H,1H3,(H,23,24)(H,25,26)/b13-7+/t11-/m1/s1. The van der Waals surface area contributed by atoms with Crippen LogP contribution in [-0.4, -0.2) is 15.9 Å². The van der Waals surface area contributed by atoms with Crippen LogP contribution in [0.2, 0.25) is 10.0 Å². The van der Waals surface area contributed by atoms with Crippen molar-refractivity contribution < 1.29 is 4.79 Å². The normalized spacial score (nSPS) is 12.6. The molecule has 5 nitrogen and oxygen atoms in total. The van der Waals surface area contributed by atoms with Crippen molar-refractivity contribution in [3.8, 4) is 6.07 Å². The number of fused-ring (bicyclic) bond motifs is 1. The van der Waals surface area contributed by atoms with Gasteiger partial charge < -0.3 is 10.3 Å². The predicted molar refractivity (Wildman–Crippen MR) is 103 cm³/mol. The van der Waals surface area contributed by atoms with Gasteiger partial charge in [-0.25, -0.2) is 4.98 Å². The number of halogens is 2. The summed E-state index contributed by atoms with van der Waals surface area (Å²) in [6, 6.07) is 10.4. The molecule has 0 fully saturated rings. The van der Waals surface area contributed by atoms with Gasteiger partial charge in [-0.05, 0) is 42.8 Å². The number of rotatable bonds is 4. The minimum absolute atomic E-state index is 0.00154. The first kappa shape index (κ1) is 18.0. The Balaban J connectivity index is 1.82. The fraction of sp³-hybridized carbons (Fsp3) is 0.105. The van der Waals surface area contributed by atoms with Crippen LogP contribution in [0.3, 0.4) is 0 Å². The molecule has 0 saturated heterocycles. The molecule has 0 spiro atoms. The van der Waals surface area contributed by atoms with Gasteiger partial charge in [-0.3, -0.25) is 4.79 Å². The van der Waals surface area contributed by atoms with Gasteiger partial charge in [-0.1, -0.05) is 29.3 Å². The maximum atomic E-state index is 12.5. The molecule has 0 unspecified atom stereocenters. The van der Waals surface area contributed by atoms with Crippen LogP contribution >= 0.6 is 23.2 Å². The minimum atomic E-state index is -0.468. The van der Waals surface area contributed by atoms with Crippen molar-refractivity contribution in [3.63, 3.8) is 0 Å². The van der Waals surface area contributed by atoms with E-state index in [2.05, 4.69) is 15.3 Å². The molecule has 3 aromatic rings. The number of aromatic nitrogens is 2. The molecule has 3 rings (SSSR count). The van der Waals surface area contributed by atoms with Crippen LogP contribution in [-0.2, 0) is 4.79 Å². The Morgan fingerprint density at radius 3 is 2.88 bits per heavy atom. The van der Waals surface area contributed by atoms with Crippen molar-refractivity contribution in [1.29, 1.82) is 5.26 Å². The molecule has 0 bridgehead atoms. The highest BCUT2D eigenvalue weighted by molar-refractivity contribution is 6.42. The molecule has 2 heterocycles. The molecule has 1 atom stereocenters. The summed E-state index contributed by atoms with van der Waals surface area (Å²) in [4.78, 5) is 19.7. The van der Waals surface area contributed by atoms with Crippen molar-refractivity contribution in [2.75, 3.05) is 0 Å². The highest BCUT2D eigenvalue weighted by Crippen LogP contribution is 2.26. The number of hydrogen-bond acceptors (Lipinski definition) is 3. The maximum absolute atomic E-state index is 12.5. The lowest BCUT2D eigenvalue weighted by molar-refractivity contribution is -0.117. The number of H-pyrrole nitrogens is 1. The van der Waals surface area contributed by atoms with E-state index in [-0.39, 0.29) is 11.6 Å². The number of hydrogen-bond donors (Lipinski definition) is 2. The summed E-state index contributed by atoms with van der Waals surface area (Å²) in [6.07, 6.45) is 4.92. The predicted octanol–water partition coefficient (Wildman–Crippen LogP) is 4.65. The van der Waals surface area contributed by atoms with E-state index in [9.17, 15) is 10.1 Å². The molecule has 0 saturated carbocycles. The zero-order valence-corrected chi connectivity index (χ0v) is 15.3. The number of carbonyl (C=O) groups excluding carboxylic acids is 1. The molecular weight excluding hydrogens is 371 g/mol.